The zero-order chi connectivity index (χ0) is 33.6. The molecule has 10 atom stereocenters. The molecule has 0 aromatic heterocycles. The lowest BCUT2D eigenvalue weighted by Crippen LogP contribution is -2.62. The number of epoxide rings is 1. The molecule has 8 rings (SSSR count). The first-order chi connectivity index (χ1) is 22.9. The Morgan fingerprint density at radius 1 is 0.896 bits per heavy atom. The predicted octanol–water partition coefficient (Wildman–Crippen LogP) is 5.98. The summed E-state index contributed by atoms with van der Waals surface area (Å²) in [5, 5.41) is 2.34. The number of ether oxygens (including phenoxy) is 2. The zero-order valence-corrected chi connectivity index (χ0v) is 29.9. The molecule has 0 amide bonds. The van der Waals surface area contributed by atoms with Crippen LogP contribution in [-0.4, -0.2) is 50.3 Å². The van der Waals surface area contributed by atoms with Gasteiger partial charge in [0.25, 0.3) is 8.32 Å². The van der Waals surface area contributed by atoms with E-state index in [0.29, 0.717) is 23.3 Å². The van der Waals surface area contributed by atoms with Crippen LogP contribution in [0.25, 0.3) is 0 Å². The molecule has 7 heteroatoms. The van der Waals surface area contributed by atoms with Crippen molar-refractivity contribution >= 4 is 36.2 Å². The lowest BCUT2D eigenvalue weighted by molar-refractivity contribution is -0.155. The number of allylic oxidation sites excluding steroid dienone is 1. The van der Waals surface area contributed by atoms with E-state index < -0.39 is 19.3 Å². The fraction of sp³-hybridized carbons (Fsp3) is 0.537. The van der Waals surface area contributed by atoms with Gasteiger partial charge < -0.3 is 13.9 Å². The minimum Gasteiger partial charge on any atom is -0.458 e. The highest BCUT2D eigenvalue weighted by Gasteiger charge is 2.80. The van der Waals surface area contributed by atoms with Crippen LogP contribution < -0.4 is 10.4 Å². The van der Waals surface area contributed by atoms with E-state index in [4.69, 9.17) is 13.9 Å². The molecule has 6 nitrogen and oxygen atoms in total. The summed E-state index contributed by atoms with van der Waals surface area (Å²) < 4.78 is 19.4. The molecule has 0 unspecified atom stereocenters. The van der Waals surface area contributed by atoms with Gasteiger partial charge in [0.15, 0.2) is 17.2 Å². The smallest absolute Gasteiger partial charge is 0.336 e. The Morgan fingerprint density at radius 2 is 1.54 bits per heavy atom. The van der Waals surface area contributed by atoms with E-state index in [1.807, 2.05) is 43.3 Å². The third kappa shape index (κ3) is 4.39. The van der Waals surface area contributed by atoms with Gasteiger partial charge in [-0.1, -0.05) is 80.1 Å². The van der Waals surface area contributed by atoms with Crippen LogP contribution in [0.4, 0.5) is 0 Å². The Kier molecular flexibility index (Phi) is 7.48. The topological polar surface area (TPSA) is 82.2 Å². The van der Waals surface area contributed by atoms with Crippen LogP contribution in [0.15, 0.2) is 84.0 Å². The third-order valence-corrected chi connectivity index (χ3v) is 18.0. The van der Waals surface area contributed by atoms with Crippen LogP contribution in [0.5, 0.6) is 0 Å². The number of esters is 1. The summed E-state index contributed by atoms with van der Waals surface area (Å²) in [6.45, 7) is 11.3. The molecule has 252 valence electrons. The fourth-order valence-corrected chi connectivity index (χ4v) is 14.3. The number of cyclic esters (lactones) is 1. The SMILES string of the molecule is CC1=C(CO[Si](C)(c2ccccc2)c2ccccc2)C(=O)O[C@@H]([C@@H](C)[C@H]2CC[C@H]3[C@@H]4C[C@H]5O[C@]56C(=O)C=CC(=O)[C@]6(C)[C@H]4CC[C@]23C)C1. The first-order valence-electron chi connectivity index (χ1n) is 18.0. The molecule has 2 aliphatic heterocycles. The molecule has 2 aromatic carbocycles. The van der Waals surface area contributed by atoms with Crippen LogP contribution in [0.3, 0.4) is 0 Å². The second-order valence-corrected chi connectivity index (χ2v) is 19.8. The zero-order valence-electron chi connectivity index (χ0n) is 28.9. The van der Waals surface area contributed by atoms with Crippen molar-refractivity contribution in [3.63, 3.8) is 0 Å². The molecule has 1 saturated heterocycles. The Bertz CT molecular complexity index is 1680. The molecule has 1 spiro atoms. The number of benzene rings is 2. The highest BCUT2D eigenvalue weighted by atomic mass is 28.4. The van der Waals surface area contributed by atoms with E-state index >= 15 is 0 Å². The summed E-state index contributed by atoms with van der Waals surface area (Å²) in [6, 6.07) is 20.8. The van der Waals surface area contributed by atoms with Crippen molar-refractivity contribution in [3.8, 4) is 0 Å². The number of carbonyl (C=O) groups excluding carboxylic acids is 3. The van der Waals surface area contributed by atoms with Crippen LogP contribution in [-0.2, 0) is 28.3 Å². The van der Waals surface area contributed by atoms with Crippen molar-refractivity contribution in [1.29, 1.82) is 0 Å². The van der Waals surface area contributed by atoms with E-state index in [0.717, 1.165) is 44.1 Å². The van der Waals surface area contributed by atoms with Gasteiger partial charge in [0, 0.05) is 6.42 Å². The number of fused-ring (bicyclic) bond motifs is 4. The highest BCUT2D eigenvalue weighted by Crippen LogP contribution is 2.72. The Hall–Kier alpha value is -3.13. The lowest BCUT2D eigenvalue weighted by Gasteiger charge is -2.57. The molecule has 2 aromatic rings. The molecule has 0 radical (unpaired) electrons. The Labute approximate surface area is 285 Å². The molecule has 0 bridgehead atoms. The van der Waals surface area contributed by atoms with Crippen molar-refractivity contribution < 1.29 is 28.3 Å². The van der Waals surface area contributed by atoms with Crippen LogP contribution in [0.2, 0.25) is 6.55 Å². The van der Waals surface area contributed by atoms with Crippen LogP contribution in [0.1, 0.15) is 66.2 Å². The third-order valence-electron chi connectivity index (χ3n) is 14.4. The summed E-state index contributed by atoms with van der Waals surface area (Å²) >= 11 is 0. The van der Waals surface area contributed by atoms with Gasteiger partial charge in [-0.15, -0.1) is 0 Å². The number of hydrogen-bond acceptors (Lipinski definition) is 6. The van der Waals surface area contributed by atoms with Crippen molar-refractivity contribution in [2.24, 2.45) is 40.4 Å². The lowest BCUT2D eigenvalue weighted by atomic mass is 9.44. The largest absolute Gasteiger partial charge is 0.458 e. The average Bonchev–Trinajstić information content (AvgIpc) is 3.73. The first kappa shape index (κ1) is 32.1. The molecule has 3 saturated carbocycles. The fourth-order valence-electron chi connectivity index (χ4n) is 11.6. The number of hydrogen-bond donors (Lipinski definition) is 0. The van der Waals surface area contributed by atoms with Crippen molar-refractivity contribution in [1.82, 2.24) is 0 Å². The van der Waals surface area contributed by atoms with Crippen molar-refractivity contribution in [3.05, 3.63) is 84.0 Å². The van der Waals surface area contributed by atoms with Crippen LogP contribution in [0, 0.1) is 40.4 Å². The highest BCUT2D eigenvalue weighted by molar-refractivity contribution is 6.96. The Balaban J connectivity index is 0.991. The van der Waals surface area contributed by atoms with E-state index in [-0.39, 0.29) is 53.6 Å². The molecule has 2 heterocycles. The maximum Gasteiger partial charge on any atom is 0.336 e. The van der Waals surface area contributed by atoms with Gasteiger partial charge in [0.2, 0.25) is 0 Å². The normalized spacial score (nSPS) is 39.2. The van der Waals surface area contributed by atoms with Crippen LogP contribution >= 0.6 is 0 Å². The molecule has 4 fully saturated rings. The monoisotopic (exact) mass is 664 g/mol. The van der Waals surface area contributed by atoms with E-state index in [2.05, 4.69) is 51.6 Å². The molecule has 0 N–H and O–H groups in total. The molecule has 48 heavy (non-hydrogen) atoms. The molecule has 4 aliphatic carbocycles. The van der Waals surface area contributed by atoms with Gasteiger partial charge in [-0.25, -0.2) is 4.79 Å². The molecule has 6 aliphatic rings. The standard InChI is InChI=1S/C41H48O6Si/c1-25-22-34(46-38(44)30(25)24-45-48(5,27-12-8-6-9-13-27)28-14-10-7-11-15-28)26(2)31-16-17-32-29-23-37-41(47-37)36(43)19-18-35(42)40(41,4)33(29)20-21-39(31,32)3/h6-15,18-19,26,29,31-34,37H,16-17,20-24H2,1-5H3/t26-,29-,31+,32-,33-,34+,37+,39+,40-,41+/m0/s1. The predicted molar refractivity (Wildman–Crippen MR) is 186 cm³/mol. The Morgan fingerprint density at radius 3 is 2.19 bits per heavy atom. The van der Waals surface area contributed by atoms with E-state index in [1.165, 1.54) is 22.5 Å². The summed E-state index contributed by atoms with van der Waals surface area (Å²) in [4.78, 5) is 40.3. The molecular formula is C41H48O6Si. The number of rotatable bonds is 7. The van der Waals surface area contributed by atoms with Crippen molar-refractivity contribution in [2.45, 2.75) is 90.6 Å². The van der Waals surface area contributed by atoms with E-state index in [1.54, 1.807) is 0 Å². The minimum atomic E-state index is -2.57. The van der Waals surface area contributed by atoms with Crippen molar-refractivity contribution in [2.75, 3.05) is 6.61 Å². The van der Waals surface area contributed by atoms with Gasteiger partial charge in [-0.05, 0) is 110 Å². The van der Waals surface area contributed by atoms with Gasteiger partial charge in [0.05, 0.1) is 23.7 Å². The summed E-state index contributed by atoms with van der Waals surface area (Å²) in [5.41, 5.74) is 0.124. The second-order valence-electron chi connectivity index (χ2n) is 16.3. The quantitative estimate of drug-likeness (QED) is 0.206. The number of ketones is 2. The minimum absolute atomic E-state index is 0.0151. The molecular weight excluding hydrogens is 617 g/mol. The summed E-state index contributed by atoms with van der Waals surface area (Å²) in [5.74, 6) is 1.43. The van der Waals surface area contributed by atoms with E-state index in [9.17, 15) is 14.4 Å². The number of carbonyl (C=O) groups is 3. The van der Waals surface area contributed by atoms with Gasteiger partial charge in [-0.3, -0.25) is 9.59 Å². The summed E-state index contributed by atoms with van der Waals surface area (Å²) in [7, 11) is -2.57. The second kappa shape index (κ2) is 11.2. The summed E-state index contributed by atoms with van der Waals surface area (Å²) in [6.07, 6.45) is 8.40. The maximum atomic E-state index is 13.7. The maximum absolute atomic E-state index is 13.7. The van der Waals surface area contributed by atoms with Gasteiger partial charge in [-0.2, -0.15) is 0 Å². The first-order valence-corrected chi connectivity index (χ1v) is 20.5. The van der Waals surface area contributed by atoms with Gasteiger partial charge >= 0.3 is 5.97 Å². The average molecular weight is 665 g/mol. The van der Waals surface area contributed by atoms with Gasteiger partial charge in [0.1, 0.15) is 6.10 Å².